The van der Waals surface area contributed by atoms with E-state index in [9.17, 15) is 4.79 Å². The maximum Gasteiger partial charge on any atom is 0.155 e. The first-order valence-corrected chi connectivity index (χ1v) is 3.37. The zero-order valence-electron chi connectivity index (χ0n) is 6.35. The van der Waals surface area contributed by atoms with Gasteiger partial charge in [0.1, 0.15) is 0 Å². The van der Waals surface area contributed by atoms with E-state index in [1.807, 2.05) is 13.0 Å². The van der Waals surface area contributed by atoms with Crippen molar-refractivity contribution < 1.29 is 4.79 Å². The zero-order valence-corrected chi connectivity index (χ0v) is 6.35. The number of ketones is 1. The molecular formula is C8H14O. The van der Waals surface area contributed by atoms with Crippen LogP contribution in [0.1, 0.15) is 27.2 Å². The van der Waals surface area contributed by atoms with Crippen molar-refractivity contribution in [2.45, 2.75) is 27.2 Å². The predicted molar refractivity (Wildman–Crippen MR) is 39.3 cm³/mol. The van der Waals surface area contributed by atoms with Crippen LogP contribution in [0.3, 0.4) is 0 Å². The number of hydrogen-bond acceptors (Lipinski definition) is 1. The second kappa shape index (κ2) is 4.30. The molecule has 0 N–H and O–H groups in total. The van der Waals surface area contributed by atoms with Gasteiger partial charge >= 0.3 is 0 Å². The average Bonchev–Trinajstić information content (AvgIpc) is 1.83. The molecule has 0 fully saturated rings. The molecule has 0 saturated carbocycles. The second-order valence-electron chi connectivity index (χ2n) is 2.42. The highest BCUT2D eigenvalue weighted by atomic mass is 16.1. The molecule has 0 aromatic heterocycles. The summed E-state index contributed by atoms with van der Waals surface area (Å²) in [6.07, 6.45) is 4.19. The van der Waals surface area contributed by atoms with Gasteiger partial charge in [-0.05, 0) is 12.0 Å². The Morgan fingerprint density at radius 3 is 2.44 bits per heavy atom. The molecule has 0 bridgehead atoms. The van der Waals surface area contributed by atoms with Crippen molar-refractivity contribution >= 4 is 5.78 Å². The molecule has 0 aliphatic rings. The summed E-state index contributed by atoms with van der Waals surface area (Å²) in [5, 5.41) is 0. The van der Waals surface area contributed by atoms with E-state index < -0.39 is 0 Å². The van der Waals surface area contributed by atoms with Gasteiger partial charge in [0.05, 0.1) is 0 Å². The summed E-state index contributed by atoms with van der Waals surface area (Å²) in [5.74, 6) is 0.698. The van der Waals surface area contributed by atoms with Gasteiger partial charge in [-0.15, -0.1) is 0 Å². The lowest BCUT2D eigenvalue weighted by atomic mass is 10.2. The summed E-state index contributed by atoms with van der Waals surface area (Å²) < 4.78 is 0. The van der Waals surface area contributed by atoms with Crippen LogP contribution in [0.5, 0.6) is 0 Å². The molecule has 9 heavy (non-hydrogen) atoms. The topological polar surface area (TPSA) is 17.1 Å². The first-order chi connectivity index (χ1) is 4.16. The number of carbonyl (C=O) groups excluding carboxylic acids is 1. The lowest BCUT2D eigenvalue weighted by Gasteiger charge is -1.90. The first kappa shape index (κ1) is 8.41. The Kier molecular flexibility index (Phi) is 4.02. The molecule has 0 aliphatic carbocycles. The van der Waals surface area contributed by atoms with E-state index in [0.29, 0.717) is 12.3 Å². The van der Waals surface area contributed by atoms with E-state index in [-0.39, 0.29) is 5.78 Å². The molecule has 52 valence electrons. The fraction of sp³-hybridized carbons (Fsp3) is 0.625. The summed E-state index contributed by atoms with van der Waals surface area (Å²) in [5.41, 5.74) is 0. The van der Waals surface area contributed by atoms with Crippen LogP contribution >= 0.6 is 0 Å². The number of allylic oxidation sites excluding steroid dienone is 2. The molecule has 0 radical (unpaired) electrons. The van der Waals surface area contributed by atoms with Crippen LogP contribution in [0.25, 0.3) is 0 Å². The Labute approximate surface area is 56.8 Å². The van der Waals surface area contributed by atoms with Crippen LogP contribution in [-0.4, -0.2) is 5.78 Å². The first-order valence-electron chi connectivity index (χ1n) is 3.37. The highest BCUT2D eigenvalue weighted by molar-refractivity contribution is 5.89. The van der Waals surface area contributed by atoms with Crippen molar-refractivity contribution in [2.75, 3.05) is 0 Å². The fourth-order valence-corrected chi connectivity index (χ4v) is 0.418. The molecule has 0 rings (SSSR count). The number of hydrogen-bond donors (Lipinski definition) is 0. The fourth-order valence-electron chi connectivity index (χ4n) is 0.418. The van der Waals surface area contributed by atoms with Gasteiger partial charge in [0.25, 0.3) is 0 Å². The molecule has 0 amide bonds. The summed E-state index contributed by atoms with van der Waals surface area (Å²) in [6, 6.07) is 0. The third-order valence-electron chi connectivity index (χ3n) is 1.02. The normalized spacial score (nSPS) is 11.1. The van der Waals surface area contributed by atoms with Crippen molar-refractivity contribution in [3.63, 3.8) is 0 Å². The van der Waals surface area contributed by atoms with Crippen molar-refractivity contribution in [3.05, 3.63) is 12.2 Å². The van der Waals surface area contributed by atoms with Gasteiger partial charge in [0.2, 0.25) is 0 Å². The van der Waals surface area contributed by atoms with E-state index in [0.717, 1.165) is 0 Å². The van der Waals surface area contributed by atoms with E-state index in [4.69, 9.17) is 0 Å². The third kappa shape index (κ3) is 5.28. The van der Waals surface area contributed by atoms with Crippen molar-refractivity contribution in [1.82, 2.24) is 0 Å². The Balaban J connectivity index is 3.57. The van der Waals surface area contributed by atoms with Crippen LogP contribution < -0.4 is 0 Å². The van der Waals surface area contributed by atoms with E-state index in [2.05, 4.69) is 13.8 Å². The molecule has 0 heterocycles. The minimum Gasteiger partial charge on any atom is -0.295 e. The van der Waals surface area contributed by atoms with Crippen LogP contribution in [0.4, 0.5) is 0 Å². The quantitative estimate of drug-likeness (QED) is 0.530. The summed E-state index contributed by atoms with van der Waals surface area (Å²) >= 11 is 0. The minimum atomic E-state index is 0.212. The van der Waals surface area contributed by atoms with Gasteiger partial charge in [0, 0.05) is 6.42 Å². The molecule has 0 atom stereocenters. The smallest absolute Gasteiger partial charge is 0.155 e. The molecule has 0 aromatic carbocycles. The predicted octanol–water partition coefficient (Wildman–Crippen LogP) is 2.18. The van der Waals surface area contributed by atoms with Gasteiger partial charge in [-0.25, -0.2) is 0 Å². The maximum absolute atomic E-state index is 10.6. The molecule has 1 heteroatoms. The Morgan fingerprint density at radius 2 is 2.11 bits per heavy atom. The van der Waals surface area contributed by atoms with E-state index in [1.54, 1.807) is 6.08 Å². The molecule has 1 nitrogen and oxygen atoms in total. The van der Waals surface area contributed by atoms with Gasteiger partial charge in [-0.3, -0.25) is 4.79 Å². The van der Waals surface area contributed by atoms with Crippen LogP contribution in [0, 0.1) is 5.92 Å². The molecule has 0 spiro atoms. The molecule has 0 unspecified atom stereocenters. The number of rotatable bonds is 3. The zero-order chi connectivity index (χ0) is 7.28. The highest BCUT2D eigenvalue weighted by Gasteiger charge is 1.89. The van der Waals surface area contributed by atoms with E-state index >= 15 is 0 Å². The van der Waals surface area contributed by atoms with Crippen molar-refractivity contribution in [2.24, 2.45) is 5.92 Å². The number of carbonyl (C=O) groups is 1. The Morgan fingerprint density at radius 1 is 1.56 bits per heavy atom. The van der Waals surface area contributed by atoms with Gasteiger partial charge in [0.15, 0.2) is 5.78 Å². The molecule has 0 saturated heterocycles. The SMILES string of the molecule is CCC(=O)C=CC(C)C. The second-order valence-corrected chi connectivity index (χ2v) is 2.42. The van der Waals surface area contributed by atoms with Crippen LogP contribution in [-0.2, 0) is 4.79 Å². The lowest BCUT2D eigenvalue weighted by molar-refractivity contribution is -0.114. The third-order valence-corrected chi connectivity index (χ3v) is 1.02. The highest BCUT2D eigenvalue weighted by Crippen LogP contribution is 1.94. The van der Waals surface area contributed by atoms with Crippen LogP contribution in [0.2, 0.25) is 0 Å². The van der Waals surface area contributed by atoms with Gasteiger partial charge in [-0.2, -0.15) is 0 Å². The molecule has 0 aromatic rings. The Bertz CT molecular complexity index is 112. The maximum atomic E-state index is 10.6. The van der Waals surface area contributed by atoms with Gasteiger partial charge in [-0.1, -0.05) is 26.8 Å². The monoisotopic (exact) mass is 126 g/mol. The lowest BCUT2D eigenvalue weighted by Crippen LogP contribution is -1.88. The molecular weight excluding hydrogens is 112 g/mol. The molecule has 0 aliphatic heterocycles. The summed E-state index contributed by atoms with van der Waals surface area (Å²) in [7, 11) is 0. The Hall–Kier alpha value is -0.590. The summed E-state index contributed by atoms with van der Waals surface area (Å²) in [4.78, 5) is 10.6. The minimum absolute atomic E-state index is 0.212. The standard InChI is InChI=1S/C8H14O/c1-4-8(9)6-5-7(2)3/h5-7H,4H2,1-3H3. The average molecular weight is 126 g/mol. The van der Waals surface area contributed by atoms with Crippen molar-refractivity contribution in [1.29, 1.82) is 0 Å². The summed E-state index contributed by atoms with van der Waals surface area (Å²) in [6.45, 7) is 5.98. The largest absolute Gasteiger partial charge is 0.295 e. The van der Waals surface area contributed by atoms with Gasteiger partial charge < -0.3 is 0 Å². The van der Waals surface area contributed by atoms with Crippen LogP contribution in [0.15, 0.2) is 12.2 Å². The van der Waals surface area contributed by atoms with E-state index in [1.165, 1.54) is 0 Å². The van der Waals surface area contributed by atoms with Crippen molar-refractivity contribution in [3.8, 4) is 0 Å².